The molecule has 0 bridgehead atoms. The van der Waals surface area contributed by atoms with Crippen LogP contribution in [0.5, 0.6) is 5.75 Å². The maximum absolute atomic E-state index is 12.6. The number of aliphatic carboxylic acids is 1. The zero-order valence-corrected chi connectivity index (χ0v) is 12.5. The van der Waals surface area contributed by atoms with Crippen LogP contribution in [0.1, 0.15) is 12.0 Å². The third kappa shape index (κ3) is 2.59. The lowest BCUT2D eigenvalue weighted by Crippen LogP contribution is -2.44. The van der Waals surface area contributed by atoms with Crippen LogP contribution in [0.15, 0.2) is 48.5 Å². The number of carbonyl (C=O) groups is 2. The number of para-hydroxylation sites is 1. The zero-order chi connectivity index (χ0) is 16.4. The van der Waals surface area contributed by atoms with Gasteiger partial charge >= 0.3 is 5.97 Å². The van der Waals surface area contributed by atoms with E-state index >= 15 is 0 Å². The lowest BCUT2D eigenvalue weighted by Gasteiger charge is -2.28. The molecule has 2 aromatic carbocycles. The lowest BCUT2D eigenvalue weighted by molar-refractivity contribution is -0.140. The highest BCUT2D eigenvalue weighted by atomic mass is 16.5. The number of carboxylic acids is 1. The summed E-state index contributed by atoms with van der Waals surface area (Å²) < 4.78 is 5.11. The molecule has 0 fully saturated rings. The SMILES string of the molecule is COc1ccc(NC2(CC(=O)O)C(=O)Nc3ccccc32)cc1. The largest absolute Gasteiger partial charge is 0.497 e. The van der Waals surface area contributed by atoms with Gasteiger partial charge in [0.1, 0.15) is 5.75 Å². The highest BCUT2D eigenvalue weighted by molar-refractivity contribution is 6.09. The Morgan fingerprint density at radius 1 is 1.22 bits per heavy atom. The van der Waals surface area contributed by atoms with Crippen molar-refractivity contribution in [1.82, 2.24) is 0 Å². The van der Waals surface area contributed by atoms with Crippen molar-refractivity contribution in [3.05, 3.63) is 54.1 Å². The predicted octanol–water partition coefficient (Wildman–Crippen LogP) is 2.43. The first kappa shape index (κ1) is 14.9. The van der Waals surface area contributed by atoms with Gasteiger partial charge in [-0.1, -0.05) is 18.2 Å². The van der Waals surface area contributed by atoms with E-state index in [1.165, 1.54) is 0 Å². The van der Waals surface area contributed by atoms with Gasteiger partial charge in [0.2, 0.25) is 0 Å². The van der Waals surface area contributed by atoms with Gasteiger partial charge in [-0.05, 0) is 30.3 Å². The molecule has 1 aliphatic rings. The Morgan fingerprint density at radius 3 is 2.57 bits per heavy atom. The summed E-state index contributed by atoms with van der Waals surface area (Å²) in [6.07, 6.45) is -0.359. The van der Waals surface area contributed by atoms with Gasteiger partial charge < -0.3 is 20.5 Å². The minimum absolute atomic E-state index is 0.359. The van der Waals surface area contributed by atoms with Crippen molar-refractivity contribution >= 4 is 23.3 Å². The minimum Gasteiger partial charge on any atom is -0.497 e. The molecule has 3 rings (SSSR count). The van der Waals surface area contributed by atoms with E-state index in [9.17, 15) is 14.7 Å². The molecule has 3 N–H and O–H groups in total. The summed E-state index contributed by atoms with van der Waals surface area (Å²) in [5.74, 6) is -0.756. The van der Waals surface area contributed by atoms with Gasteiger partial charge in [-0.15, -0.1) is 0 Å². The third-order valence-electron chi connectivity index (χ3n) is 3.89. The van der Waals surface area contributed by atoms with E-state index in [-0.39, 0.29) is 12.3 Å². The van der Waals surface area contributed by atoms with Crippen LogP contribution in [0.4, 0.5) is 11.4 Å². The molecular weight excluding hydrogens is 296 g/mol. The topological polar surface area (TPSA) is 87.7 Å². The van der Waals surface area contributed by atoms with Gasteiger partial charge in [-0.25, -0.2) is 0 Å². The van der Waals surface area contributed by atoms with Gasteiger partial charge in [0.15, 0.2) is 5.54 Å². The second-order valence-corrected chi connectivity index (χ2v) is 5.33. The van der Waals surface area contributed by atoms with Crippen LogP contribution in [-0.4, -0.2) is 24.1 Å². The number of carbonyl (C=O) groups excluding carboxylic acids is 1. The Labute approximate surface area is 133 Å². The smallest absolute Gasteiger partial charge is 0.306 e. The first-order chi connectivity index (χ1) is 11.0. The van der Waals surface area contributed by atoms with Crippen LogP contribution in [-0.2, 0) is 15.1 Å². The summed E-state index contributed by atoms with van der Waals surface area (Å²) in [6, 6.07) is 14.1. The van der Waals surface area contributed by atoms with E-state index in [2.05, 4.69) is 10.6 Å². The van der Waals surface area contributed by atoms with Crippen LogP contribution in [0.25, 0.3) is 0 Å². The zero-order valence-electron chi connectivity index (χ0n) is 12.5. The molecule has 1 amide bonds. The molecule has 23 heavy (non-hydrogen) atoms. The molecule has 2 aromatic rings. The molecule has 118 valence electrons. The lowest BCUT2D eigenvalue weighted by atomic mass is 9.87. The molecule has 0 aliphatic carbocycles. The molecule has 1 unspecified atom stereocenters. The Kier molecular flexibility index (Phi) is 3.65. The van der Waals surface area contributed by atoms with Crippen LogP contribution in [0, 0.1) is 0 Å². The minimum atomic E-state index is -1.34. The molecule has 0 aromatic heterocycles. The average molecular weight is 312 g/mol. The maximum atomic E-state index is 12.6. The summed E-state index contributed by atoms with van der Waals surface area (Å²) in [4.78, 5) is 23.9. The van der Waals surface area contributed by atoms with Gasteiger partial charge in [0.25, 0.3) is 5.91 Å². The summed E-state index contributed by atoms with van der Waals surface area (Å²) in [6.45, 7) is 0. The Balaban J connectivity index is 2.03. The van der Waals surface area contributed by atoms with E-state index < -0.39 is 11.5 Å². The number of ether oxygens (including phenoxy) is 1. The number of amides is 1. The number of carboxylic acid groups (broad SMARTS) is 1. The Bertz CT molecular complexity index is 757. The predicted molar refractivity (Wildman–Crippen MR) is 85.6 cm³/mol. The number of rotatable bonds is 5. The second kappa shape index (κ2) is 5.64. The number of methoxy groups -OCH3 is 1. The summed E-state index contributed by atoms with van der Waals surface area (Å²) in [7, 11) is 1.56. The van der Waals surface area contributed by atoms with Crippen molar-refractivity contribution in [2.45, 2.75) is 12.0 Å². The van der Waals surface area contributed by atoms with Gasteiger partial charge in [0, 0.05) is 16.9 Å². The first-order valence-corrected chi connectivity index (χ1v) is 7.10. The number of fused-ring (bicyclic) bond motifs is 1. The van der Waals surface area contributed by atoms with E-state index in [4.69, 9.17) is 4.74 Å². The van der Waals surface area contributed by atoms with Gasteiger partial charge in [-0.2, -0.15) is 0 Å². The molecule has 1 atom stereocenters. The average Bonchev–Trinajstić information content (AvgIpc) is 2.80. The fourth-order valence-electron chi connectivity index (χ4n) is 2.81. The highest BCUT2D eigenvalue weighted by Crippen LogP contribution is 2.41. The van der Waals surface area contributed by atoms with Crippen molar-refractivity contribution < 1.29 is 19.4 Å². The third-order valence-corrected chi connectivity index (χ3v) is 3.89. The quantitative estimate of drug-likeness (QED) is 0.789. The van der Waals surface area contributed by atoms with Crippen molar-refractivity contribution in [3.63, 3.8) is 0 Å². The van der Waals surface area contributed by atoms with E-state index in [1.807, 2.05) is 0 Å². The molecule has 0 saturated carbocycles. The van der Waals surface area contributed by atoms with Gasteiger partial charge in [-0.3, -0.25) is 9.59 Å². The van der Waals surface area contributed by atoms with Crippen molar-refractivity contribution in [3.8, 4) is 5.75 Å². The fraction of sp³-hybridized carbons (Fsp3) is 0.176. The Morgan fingerprint density at radius 2 is 1.91 bits per heavy atom. The monoisotopic (exact) mass is 312 g/mol. The molecule has 1 aliphatic heterocycles. The Hall–Kier alpha value is -3.02. The summed E-state index contributed by atoms with van der Waals surface area (Å²) in [5, 5.41) is 15.1. The second-order valence-electron chi connectivity index (χ2n) is 5.33. The standard InChI is InChI=1S/C17H16N2O4/c1-23-12-8-6-11(7-9-12)19-17(10-15(20)21)13-4-2-3-5-14(13)18-16(17)22/h2-9,19H,10H2,1H3,(H,18,22)(H,20,21). The molecule has 0 spiro atoms. The number of anilines is 2. The van der Waals surface area contributed by atoms with E-state index in [0.717, 1.165) is 0 Å². The highest BCUT2D eigenvalue weighted by Gasteiger charge is 2.48. The first-order valence-electron chi connectivity index (χ1n) is 7.10. The van der Waals surface area contributed by atoms with Crippen molar-refractivity contribution in [1.29, 1.82) is 0 Å². The summed E-state index contributed by atoms with van der Waals surface area (Å²) in [5.41, 5.74) is 0.554. The molecule has 0 saturated heterocycles. The molecular formula is C17H16N2O4. The van der Waals surface area contributed by atoms with Gasteiger partial charge in [0.05, 0.1) is 13.5 Å². The molecule has 6 heteroatoms. The van der Waals surface area contributed by atoms with Crippen molar-refractivity contribution in [2.24, 2.45) is 0 Å². The summed E-state index contributed by atoms with van der Waals surface area (Å²) >= 11 is 0. The normalized spacial score (nSPS) is 18.9. The molecule has 6 nitrogen and oxygen atoms in total. The van der Waals surface area contributed by atoms with Crippen molar-refractivity contribution in [2.75, 3.05) is 17.7 Å². The van der Waals surface area contributed by atoms with E-state index in [0.29, 0.717) is 22.7 Å². The van der Waals surface area contributed by atoms with Crippen LogP contribution < -0.4 is 15.4 Å². The molecule has 1 heterocycles. The molecule has 0 radical (unpaired) electrons. The number of benzene rings is 2. The van der Waals surface area contributed by atoms with E-state index in [1.54, 1.807) is 55.6 Å². The maximum Gasteiger partial charge on any atom is 0.306 e. The number of hydrogen-bond donors (Lipinski definition) is 3. The van der Waals surface area contributed by atoms with Crippen LogP contribution in [0.3, 0.4) is 0 Å². The van der Waals surface area contributed by atoms with Crippen LogP contribution in [0.2, 0.25) is 0 Å². The van der Waals surface area contributed by atoms with Crippen LogP contribution >= 0.6 is 0 Å². The number of hydrogen-bond acceptors (Lipinski definition) is 4. The number of nitrogens with one attached hydrogen (secondary N) is 2. The fourth-order valence-corrected chi connectivity index (χ4v) is 2.81.